The summed E-state index contributed by atoms with van der Waals surface area (Å²) < 4.78 is 0. The van der Waals surface area contributed by atoms with Gasteiger partial charge in [0, 0.05) is 32.3 Å². The number of piperazine rings is 1. The van der Waals surface area contributed by atoms with Gasteiger partial charge in [-0.2, -0.15) is 0 Å². The first-order valence-corrected chi connectivity index (χ1v) is 8.47. The maximum absolute atomic E-state index is 12.3. The third-order valence-electron chi connectivity index (χ3n) is 3.83. The number of nitrogens with zero attached hydrogens (tertiary/aromatic N) is 2. The van der Waals surface area contributed by atoms with Crippen LogP contribution in [0.1, 0.15) is 15.2 Å². The van der Waals surface area contributed by atoms with Gasteiger partial charge in [-0.25, -0.2) is 0 Å². The summed E-state index contributed by atoms with van der Waals surface area (Å²) >= 11 is 1.45. The number of carbonyl (C=O) groups is 2. The first-order chi connectivity index (χ1) is 11.2. The molecule has 1 fully saturated rings. The second kappa shape index (κ2) is 7.24. The summed E-state index contributed by atoms with van der Waals surface area (Å²) in [4.78, 5) is 28.8. The molecule has 1 aliphatic heterocycles. The van der Waals surface area contributed by atoms with E-state index in [-0.39, 0.29) is 11.8 Å². The third kappa shape index (κ3) is 3.87. The molecular formula is C18H18N2O2S. The molecule has 3 rings (SSSR count). The Labute approximate surface area is 139 Å². The fraction of sp³-hybridized carbons (Fsp3) is 0.222. The molecule has 1 aliphatic rings. The highest BCUT2D eigenvalue weighted by atomic mass is 32.1. The average Bonchev–Trinajstić information content (AvgIpc) is 3.15. The molecule has 1 saturated heterocycles. The predicted octanol–water partition coefficient (Wildman–Crippen LogP) is 2.75. The molecule has 1 aromatic heterocycles. The predicted molar refractivity (Wildman–Crippen MR) is 92.3 cm³/mol. The molecule has 0 N–H and O–H groups in total. The lowest BCUT2D eigenvalue weighted by atomic mass is 10.2. The van der Waals surface area contributed by atoms with Crippen LogP contribution in [0.15, 0.2) is 53.9 Å². The van der Waals surface area contributed by atoms with Gasteiger partial charge >= 0.3 is 0 Å². The van der Waals surface area contributed by atoms with Gasteiger partial charge in [-0.15, -0.1) is 11.3 Å². The van der Waals surface area contributed by atoms with Crippen LogP contribution in [0.5, 0.6) is 0 Å². The molecule has 0 spiro atoms. The van der Waals surface area contributed by atoms with E-state index in [1.807, 2.05) is 58.8 Å². The number of rotatable bonds is 3. The average molecular weight is 326 g/mol. The monoisotopic (exact) mass is 326 g/mol. The maximum atomic E-state index is 12.3. The van der Waals surface area contributed by atoms with E-state index in [4.69, 9.17) is 0 Å². The molecule has 4 nitrogen and oxygen atoms in total. The Bertz CT molecular complexity index is 687. The second-order valence-electron chi connectivity index (χ2n) is 5.34. The Morgan fingerprint density at radius 2 is 1.61 bits per heavy atom. The van der Waals surface area contributed by atoms with Crippen molar-refractivity contribution >= 4 is 29.2 Å². The van der Waals surface area contributed by atoms with Crippen LogP contribution in [0.3, 0.4) is 0 Å². The number of benzene rings is 1. The molecule has 2 heterocycles. The summed E-state index contributed by atoms with van der Waals surface area (Å²) in [6.45, 7) is 2.33. The van der Waals surface area contributed by atoms with Crippen molar-refractivity contribution in [1.29, 1.82) is 0 Å². The van der Waals surface area contributed by atoms with Crippen molar-refractivity contribution in [1.82, 2.24) is 9.80 Å². The molecule has 2 amide bonds. The van der Waals surface area contributed by atoms with E-state index in [2.05, 4.69) is 0 Å². The molecule has 0 bridgehead atoms. The minimum absolute atomic E-state index is 0.00271. The molecular weight excluding hydrogens is 308 g/mol. The highest BCUT2D eigenvalue weighted by molar-refractivity contribution is 7.12. The van der Waals surface area contributed by atoms with Gasteiger partial charge in [0.1, 0.15) is 0 Å². The molecule has 1 aromatic carbocycles. The number of hydrogen-bond donors (Lipinski definition) is 0. The van der Waals surface area contributed by atoms with Crippen LogP contribution in [0.2, 0.25) is 0 Å². The van der Waals surface area contributed by atoms with E-state index in [1.165, 1.54) is 11.3 Å². The van der Waals surface area contributed by atoms with Gasteiger partial charge in [0.2, 0.25) is 5.91 Å². The van der Waals surface area contributed by atoms with Gasteiger partial charge < -0.3 is 9.80 Å². The minimum Gasteiger partial charge on any atom is -0.336 e. The van der Waals surface area contributed by atoms with Crippen LogP contribution in [-0.2, 0) is 4.79 Å². The summed E-state index contributed by atoms with van der Waals surface area (Å²) in [5, 5.41) is 1.90. The number of hydrogen-bond acceptors (Lipinski definition) is 3. The van der Waals surface area contributed by atoms with Gasteiger partial charge in [0.25, 0.3) is 5.91 Å². The third-order valence-corrected chi connectivity index (χ3v) is 4.69. The van der Waals surface area contributed by atoms with Gasteiger partial charge in [0.15, 0.2) is 0 Å². The zero-order valence-electron chi connectivity index (χ0n) is 12.7. The topological polar surface area (TPSA) is 40.6 Å². The first-order valence-electron chi connectivity index (χ1n) is 7.59. The standard InChI is InChI=1S/C18H18N2O2S/c21-17(9-8-15-5-2-1-3-6-15)19-10-12-20(13-11-19)18(22)16-7-4-14-23-16/h1-9,14H,10-13H2/b9-8+. The summed E-state index contributed by atoms with van der Waals surface area (Å²) in [6, 6.07) is 13.5. The maximum Gasteiger partial charge on any atom is 0.264 e. The molecule has 2 aromatic rings. The van der Waals surface area contributed by atoms with Gasteiger partial charge in [-0.1, -0.05) is 36.4 Å². The molecule has 0 radical (unpaired) electrons. The van der Waals surface area contributed by atoms with Crippen molar-refractivity contribution in [3.63, 3.8) is 0 Å². The lowest BCUT2D eigenvalue weighted by Gasteiger charge is -2.34. The van der Waals surface area contributed by atoms with E-state index >= 15 is 0 Å². The van der Waals surface area contributed by atoms with E-state index < -0.39 is 0 Å². The smallest absolute Gasteiger partial charge is 0.264 e. The largest absolute Gasteiger partial charge is 0.336 e. The van der Waals surface area contributed by atoms with Crippen LogP contribution in [0.25, 0.3) is 6.08 Å². The van der Waals surface area contributed by atoms with Crippen LogP contribution in [0, 0.1) is 0 Å². The van der Waals surface area contributed by atoms with E-state index in [0.717, 1.165) is 10.4 Å². The van der Waals surface area contributed by atoms with Crippen molar-refractivity contribution in [2.24, 2.45) is 0 Å². The number of carbonyl (C=O) groups excluding carboxylic acids is 2. The summed E-state index contributed by atoms with van der Waals surface area (Å²) in [6.07, 6.45) is 3.43. The zero-order valence-corrected chi connectivity index (χ0v) is 13.5. The van der Waals surface area contributed by atoms with E-state index in [9.17, 15) is 9.59 Å². The second-order valence-corrected chi connectivity index (χ2v) is 6.29. The SMILES string of the molecule is O=C(/C=C/c1ccccc1)N1CCN(C(=O)c2cccs2)CC1. The van der Waals surface area contributed by atoms with Crippen LogP contribution in [-0.4, -0.2) is 47.8 Å². The quantitative estimate of drug-likeness (QED) is 0.814. The number of thiophene rings is 1. The molecule has 118 valence electrons. The Morgan fingerprint density at radius 1 is 0.913 bits per heavy atom. The van der Waals surface area contributed by atoms with Crippen LogP contribution in [0.4, 0.5) is 0 Å². The number of amides is 2. The van der Waals surface area contributed by atoms with Gasteiger partial charge in [0.05, 0.1) is 4.88 Å². The molecule has 5 heteroatoms. The molecule has 0 saturated carbocycles. The van der Waals surface area contributed by atoms with Gasteiger partial charge in [-0.3, -0.25) is 9.59 Å². The Kier molecular flexibility index (Phi) is 4.88. The fourth-order valence-electron chi connectivity index (χ4n) is 2.52. The van der Waals surface area contributed by atoms with Crippen LogP contribution >= 0.6 is 11.3 Å². The highest BCUT2D eigenvalue weighted by Crippen LogP contribution is 2.14. The molecule has 0 atom stereocenters. The molecule has 0 unspecified atom stereocenters. The first kappa shape index (κ1) is 15.5. The minimum atomic E-state index is -0.00271. The van der Waals surface area contributed by atoms with E-state index in [0.29, 0.717) is 26.2 Å². The van der Waals surface area contributed by atoms with E-state index in [1.54, 1.807) is 11.0 Å². The molecule has 23 heavy (non-hydrogen) atoms. The zero-order chi connectivity index (χ0) is 16.1. The Balaban J connectivity index is 1.53. The van der Waals surface area contributed by atoms with Crippen molar-refractivity contribution in [2.45, 2.75) is 0 Å². The van der Waals surface area contributed by atoms with Crippen molar-refractivity contribution in [3.05, 3.63) is 64.4 Å². The van der Waals surface area contributed by atoms with Crippen molar-refractivity contribution in [3.8, 4) is 0 Å². The summed E-state index contributed by atoms with van der Waals surface area (Å²) in [5.41, 5.74) is 1.01. The van der Waals surface area contributed by atoms with Crippen molar-refractivity contribution < 1.29 is 9.59 Å². The summed E-state index contributed by atoms with van der Waals surface area (Å²) in [7, 11) is 0. The lowest BCUT2D eigenvalue weighted by molar-refractivity contribution is -0.127. The lowest BCUT2D eigenvalue weighted by Crippen LogP contribution is -2.50. The van der Waals surface area contributed by atoms with Crippen LogP contribution < -0.4 is 0 Å². The Morgan fingerprint density at radius 3 is 2.26 bits per heavy atom. The normalized spacial score (nSPS) is 15.1. The summed E-state index contributed by atoms with van der Waals surface area (Å²) in [5.74, 6) is 0.0593. The Hall–Kier alpha value is -2.40. The highest BCUT2D eigenvalue weighted by Gasteiger charge is 2.24. The molecule has 0 aliphatic carbocycles. The fourth-order valence-corrected chi connectivity index (χ4v) is 3.21. The van der Waals surface area contributed by atoms with Crippen molar-refractivity contribution in [2.75, 3.05) is 26.2 Å². The van der Waals surface area contributed by atoms with Gasteiger partial charge in [-0.05, 0) is 23.1 Å².